The van der Waals surface area contributed by atoms with E-state index in [1.807, 2.05) is 6.07 Å². The lowest BCUT2D eigenvalue weighted by Gasteiger charge is -2.28. The monoisotopic (exact) mass is 468 g/mol. The standard InChI is InChI=1S/C16H18BIN4O4/c1-9(23)13-4-2-3-10-5-11(17(25)26-15(10)13)6-12(24)8-22-16(18)14(7-19)20-21-22/h2-4,11,25H,5-8,19H2,1H3/t11-/m1/s1. The minimum Gasteiger partial charge on any atom is -0.535 e. The Morgan fingerprint density at radius 2 is 2.27 bits per heavy atom. The van der Waals surface area contributed by atoms with Crippen molar-refractivity contribution in [2.75, 3.05) is 0 Å². The fraction of sp³-hybridized carbons (Fsp3) is 0.375. The molecule has 0 saturated heterocycles. The van der Waals surface area contributed by atoms with Crippen LogP contribution in [0.1, 0.15) is 35.0 Å². The molecule has 3 rings (SSSR count). The van der Waals surface area contributed by atoms with Crippen LogP contribution in [0.5, 0.6) is 5.75 Å². The quantitative estimate of drug-likeness (QED) is 0.369. The average Bonchev–Trinajstić information content (AvgIpc) is 2.94. The van der Waals surface area contributed by atoms with Crippen LogP contribution in [-0.2, 0) is 24.3 Å². The number of carbonyl (C=O) groups is 2. The van der Waals surface area contributed by atoms with Crippen LogP contribution in [0, 0.1) is 3.70 Å². The summed E-state index contributed by atoms with van der Waals surface area (Å²) < 4.78 is 7.80. The van der Waals surface area contributed by atoms with Gasteiger partial charge in [0.2, 0.25) is 0 Å². The molecule has 1 atom stereocenters. The van der Waals surface area contributed by atoms with Crippen LogP contribution >= 0.6 is 22.6 Å². The summed E-state index contributed by atoms with van der Waals surface area (Å²) in [4.78, 5) is 24.1. The molecule has 0 radical (unpaired) electrons. The summed E-state index contributed by atoms with van der Waals surface area (Å²) >= 11 is 2.05. The lowest BCUT2D eigenvalue weighted by molar-refractivity contribution is -0.120. The summed E-state index contributed by atoms with van der Waals surface area (Å²) in [7, 11) is -1.14. The third-order valence-electron chi connectivity index (χ3n) is 4.35. The molecule has 10 heteroatoms. The molecule has 3 N–H and O–H groups in total. The van der Waals surface area contributed by atoms with Crippen LogP contribution in [0.2, 0.25) is 5.82 Å². The SMILES string of the molecule is CC(=O)c1cccc2c1OB(O)[C@@H](CC(=O)Cn1nnc(CN)c1I)C2. The van der Waals surface area contributed by atoms with Gasteiger partial charge in [-0.05, 0) is 47.6 Å². The van der Waals surface area contributed by atoms with Gasteiger partial charge in [-0.2, -0.15) is 0 Å². The Labute approximate surface area is 164 Å². The predicted octanol–water partition coefficient (Wildman–Crippen LogP) is 0.989. The van der Waals surface area contributed by atoms with Crippen molar-refractivity contribution in [1.82, 2.24) is 15.0 Å². The Hall–Kier alpha value is -1.79. The maximum Gasteiger partial charge on any atom is 0.526 e. The maximum atomic E-state index is 12.4. The van der Waals surface area contributed by atoms with Crippen molar-refractivity contribution >= 4 is 41.3 Å². The second kappa shape index (κ2) is 7.84. The van der Waals surface area contributed by atoms with Crippen molar-refractivity contribution in [2.24, 2.45) is 5.73 Å². The summed E-state index contributed by atoms with van der Waals surface area (Å²) in [5.74, 6) is -0.183. The second-order valence-electron chi connectivity index (χ2n) is 6.25. The van der Waals surface area contributed by atoms with E-state index < -0.39 is 7.12 Å². The number of aromatic nitrogens is 3. The third-order valence-corrected chi connectivity index (χ3v) is 5.53. The van der Waals surface area contributed by atoms with Gasteiger partial charge in [0.15, 0.2) is 11.6 Å². The smallest absolute Gasteiger partial charge is 0.526 e. The van der Waals surface area contributed by atoms with Gasteiger partial charge in [-0.1, -0.05) is 17.3 Å². The zero-order valence-electron chi connectivity index (χ0n) is 14.2. The minimum absolute atomic E-state index is 0.0643. The van der Waals surface area contributed by atoms with Gasteiger partial charge in [-0.25, -0.2) is 4.68 Å². The van der Waals surface area contributed by atoms with E-state index >= 15 is 0 Å². The van der Waals surface area contributed by atoms with Gasteiger partial charge >= 0.3 is 7.12 Å². The summed E-state index contributed by atoms with van der Waals surface area (Å²) in [6.45, 7) is 1.78. The normalized spacial score (nSPS) is 16.2. The number of benzene rings is 1. The van der Waals surface area contributed by atoms with Crippen LogP contribution in [-0.4, -0.2) is 38.7 Å². The lowest BCUT2D eigenvalue weighted by Crippen LogP contribution is -2.36. The Balaban J connectivity index is 1.71. The van der Waals surface area contributed by atoms with Gasteiger partial charge < -0.3 is 15.4 Å². The van der Waals surface area contributed by atoms with Gasteiger partial charge in [-0.15, -0.1) is 5.10 Å². The molecule has 1 aromatic heterocycles. The molecule has 1 aliphatic rings. The molecule has 0 fully saturated rings. The van der Waals surface area contributed by atoms with Crippen molar-refractivity contribution in [3.8, 4) is 5.75 Å². The van der Waals surface area contributed by atoms with Crippen molar-refractivity contribution < 1.29 is 19.3 Å². The first-order valence-electron chi connectivity index (χ1n) is 8.18. The van der Waals surface area contributed by atoms with Gasteiger partial charge in [0, 0.05) is 18.8 Å². The number of hydrogen-bond donors (Lipinski definition) is 2. The van der Waals surface area contributed by atoms with E-state index in [4.69, 9.17) is 10.4 Å². The number of para-hydroxylation sites is 1. The molecule has 136 valence electrons. The number of nitrogens with zero attached hydrogens (tertiary/aromatic N) is 3. The highest BCUT2D eigenvalue weighted by molar-refractivity contribution is 14.1. The molecule has 0 saturated carbocycles. The van der Waals surface area contributed by atoms with E-state index in [9.17, 15) is 14.6 Å². The molecule has 2 aromatic rings. The molecule has 1 aromatic carbocycles. The van der Waals surface area contributed by atoms with Gasteiger partial charge in [-0.3, -0.25) is 9.59 Å². The summed E-state index contributed by atoms with van der Waals surface area (Å²) in [5.41, 5.74) is 7.47. The number of Topliss-reactive ketones (excluding diaryl/α,β-unsaturated/α-hetero) is 2. The molecule has 26 heavy (non-hydrogen) atoms. The molecule has 0 aliphatic carbocycles. The van der Waals surface area contributed by atoms with E-state index in [0.717, 1.165) is 9.26 Å². The minimum atomic E-state index is -1.14. The molecule has 0 amide bonds. The number of halogens is 1. The topological polar surface area (TPSA) is 120 Å². The van der Waals surface area contributed by atoms with Gasteiger partial charge in [0.25, 0.3) is 0 Å². The van der Waals surface area contributed by atoms with Crippen LogP contribution in [0.25, 0.3) is 0 Å². The van der Waals surface area contributed by atoms with E-state index in [1.165, 1.54) is 11.6 Å². The molecule has 8 nitrogen and oxygen atoms in total. The molecular formula is C16H18BIN4O4. The van der Waals surface area contributed by atoms with Gasteiger partial charge in [0.1, 0.15) is 21.7 Å². The lowest BCUT2D eigenvalue weighted by atomic mass is 9.64. The summed E-state index contributed by atoms with van der Waals surface area (Å²) in [6, 6.07) is 5.29. The largest absolute Gasteiger partial charge is 0.535 e. The first kappa shape index (κ1) is 19.0. The zero-order valence-corrected chi connectivity index (χ0v) is 16.3. The number of ketones is 2. The van der Waals surface area contributed by atoms with E-state index in [1.54, 1.807) is 12.1 Å². The first-order valence-corrected chi connectivity index (χ1v) is 9.25. The van der Waals surface area contributed by atoms with E-state index in [0.29, 0.717) is 23.4 Å². The first-order chi connectivity index (χ1) is 12.4. The highest BCUT2D eigenvalue weighted by atomic mass is 127. The van der Waals surface area contributed by atoms with Crippen molar-refractivity contribution in [1.29, 1.82) is 0 Å². The van der Waals surface area contributed by atoms with Crippen LogP contribution in [0.15, 0.2) is 18.2 Å². The summed E-state index contributed by atoms with van der Waals surface area (Å²) in [6.07, 6.45) is 0.602. The number of hydrogen-bond acceptors (Lipinski definition) is 7. The van der Waals surface area contributed by atoms with Crippen LogP contribution in [0.3, 0.4) is 0 Å². The second-order valence-corrected chi connectivity index (χ2v) is 7.28. The van der Waals surface area contributed by atoms with Crippen molar-refractivity contribution in [2.45, 2.75) is 38.7 Å². The molecule has 0 bridgehead atoms. The molecule has 2 heterocycles. The third kappa shape index (κ3) is 3.81. The maximum absolute atomic E-state index is 12.4. The summed E-state index contributed by atoms with van der Waals surface area (Å²) in [5, 5.41) is 18.2. The molecule has 1 aliphatic heterocycles. The van der Waals surface area contributed by atoms with E-state index in [2.05, 4.69) is 32.9 Å². The molecule has 0 spiro atoms. The Kier molecular flexibility index (Phi) is 5.73. The van der Waals surface area contributed by atoms with Gasteiger partial charge in [0.05, 0.1) is 5.56 Å². The number of fused-ring (bicyclic) bond motifs is 1. The molecule has 0 unspecified atom stereocenters. The van der Waals surface area contributed by atoms with Crippen molar-refractivity contribution in [3.63, 3.8) is 0 Å². The molecular weight excluding hydrogens is 450 g/mol. The fourth-order valence-corrected chi connectivity index (χ4v) is 3.62. The highest BCUT2D eigenvalue weighted by Gasteiger charge is 2.37. The number of carbonyl (C=O) groups excluding carboxylic acids is 2. The van der Waals surface area contributed by atoms with Crippen LogP contribution < -0.4 is 10.4 Å². The predicted molar refractivity (Wildman–Crippen MR) is 103 cm³/mol. The highest BCUT2D eigenvalue weighted by Crippen LogP contribution is 2.36. The van der Waals surface area contributed by atoms with Crippen molar-refractivity contribution in [3.05, 3.63) is 38.7 Å². The fourth-order valence-electron chi connectivity index (χ4n) is 3.02. The van der Waals surface area contributed by atoms with Crippen LogP contribution in [0.4, 0.5) is 0 Å². The zero-order chi connectivity index (χ0) is 18.8. The Morgan fingerprint density at radius 3 is 2.92 bits per heavy atom. The van der Waals surface area contributed by atoms with E-state index in [-0.39, 0.29) is 36.9 Å². The number of nitrogens with two attached hydrogens (primary N) is 1. The Bertz CT molecular complexity index is 857. The number of rotatable bonds is 6. The Morgan fingerprint density at radius 1 is 1.50 bits per heavy atom. The average molecular weight is 468 g/mol.